The largest absolute Gasteiger partial charge is 0.560 e. The van der Waals surface area contributed by atoms with Crippen LogP contribution in [0.1, 0.15) is 134 Å². The van der Waals surface area contributed by atoms with E-state index in [9.17, 15) is 31.2 Å². The third-order valence-corrected chi connectivity index (χ3v) is 15.9. The number of hydrogen-bond donors (Lipinski definition) is 0. The monoisotopic (exact) mass is 1020 g/mol. The highest BCUT2D eigenvalue weighted by Crippen LogP contribution is 2.51. The average Bonchev–Trinajstić information content (AvgIpc) is 3.90. The summed E-state index contributed by atoms with van der Waals surface area (Å²) in [5.41, 5.74) is 2.32. The smallest absolute Gasteiger partial charge is 0.457 e. The van der Waals surface area contributed by atoms with Gasteiger partial charge >= 0.3 is 27.5 Å². The van der Waals surface area contributed by atoms with Crippen molar-refractivity contribution in [3.8, 4) is 0 Å². The topological polar surface area (TPSA) is 96.2 Å². The first kappa shape index (κ1) is 53.3. The van der Waals surface area contributed by atoms with Gasteiger partial charge in [-0.05, 0) is 107 Å². The number of carbonyl (C=O) groups is 2. The van der Waals surface area contributed by atoms with Crippen LogP contribution in [0.5, 0.6) is 0 Å². The molecule has 0 fully saturated rings. The third kappa shape index (κ3) is 10.5. The Bertz CT molecular complexity index is 3020. The predicted molar refractivity (Wildman–Crippen MR) is 289 cm³/mol. The minimum atomic E-state index is -5.91. The van der Waals surface area contributed by atoms with Crippen LogP contribution in [0.2, 0.25) is 0 Å². The van der Waals surface area contributed by atoms with Crippen molar-refractivity contribution in [3.63, 3.8) is 0 Å². The first-order valence-corrected chi connectivity index (χ1v) is 26.9. The maximum Gasteiger partial charge on any atom is 0.560 e. The standard InChI is InChI=1S/C61H65F3N3O6S/c1-8-10-20-36-66-52-32-28-44(57(68)72-40-42-22-14-12-15-23-42)38-50(52)59(3,4)54(66)34-30-48-46-26-18-19-27-47(46)49(56(48)65(7)74(70,71)61(62,63)64)31-35-55-60(5,6)51-39-45(29-33-53(51)67(55)37-21-11-9-2)58(69)73-41-43-24-16-13-17-25-43/h12-19,22-35,38-39H,8-11,20-21,36-37,40-41H2,1-7H3/q+1. The van der Waals surface area contributed by atoms with Crippen LogP contribution in [-0.4, -0.2) is 55.7 Å². The van der Waals surface area contributed by atoms with Gasteiger partial charge in [0.25, 0.3) is 0 Å². The highest BCUT2D eigenvalue weighted by molar-refractivity contribution is 7.86. The van der Waals surface area contributed by atoms with Gasteiger partial charge in [0.05, 0.1) is 22.3 Å². The quantitative estimate of drug-likeness (QED) is 0.0516. The van der Waals surface area contributed by atoms with Gasteiger partial charge in [-0.2, -0.15) is 21.6 Å². The number of fused-ring (bicyclic) bond motifs is 3. The zero-order valence-electron chi connectivity index (χ0n) is 43.3. The normalized spacial score (nSPS) is 18.5. The molecule has 9 nitrogen and oxygen atoms in total. The number of carbonyl (C=O) groups excluding carboxylic acids is 2. The Morgan fingerprint density at radius 2 is 0.973 bits per heavy atom. The van der Waals surface area contributed by atoms with Crippen molar-refractivity contribution in [2.75, 3.05) is 29.9 Å². The summed E-state index contributed by atoms with van der Waals surface area (Å²) in [5, 5.41) is 0. The number of halogens is 3. The first-order chi connectivity index (χ1) is 35.3. The number of benzene rings is 5. The Labute approximate surface area is 434 Å². The van der Waals surface area contributed by atoms with Gasteiger partial charge in [0.1, 0.15) is 13.2 Å². The lowest BCUT2D eigenvalue weighted by Crippen LogP contribution is -2.35. The van der Waals surface area contributed by atoms with Gasteiger partial charge in [-0.3, -0.25) is 0 Å². The van der Waals surface area contributed by atoms with Crippen LogP contribution in [0.4, 0.5) is 24.5 Å². The Morgan fingerprint density at radius 3 is 1.35 bits per heavy atom. The van der Waals surface area contributed by atoms with Gasteiger partial charge in [-0.25, -0.2) is 9.59 Å². The molecular weight excluding hydrogens is 960 g/mol. The highest BCUT2D eigenvalue weighted by Gasteiger charge is 2.56. The molecule has 0 atom stereocenters. The van der Waals surface area contributed by atoms with Crippen LogP contribution in [0.15, 0.2) is 157 Å². The summed E-state index contributed by atoms with van der Waals surface area (Å²) in [5.74, 6) is -0.931. The number of hydrogen-bond acceptors (Lipinski definition) is 8. The fourth-order valence-corrected chi connectivity index (χ4v) is 11.1. The number of allylic oxidation sites excluding steroid dienone is 8. The molecule has 74 heavy (non-hydrogen) atoms. The second-order valence-corrected chi connectivity index (χ2v) is 22.1. The number of nitrogens with zero attached hydrogens (tertiary/aromatic N) is 3. The van der Waals surface area contributed by atoms with Gasteiger partial charge in [0.15, 0.2) is 7.05 Å². The van der Waals surface area contributed by atoms with Crippen molar-refractivity contribution in [1.29, 1.82) is 0 Å². The minimum Gasteiger partial charge on any atom is -0.457 e. The number of unbranched alkanes of at least 4 members (excludes halogenated alkanes) is 4. The van der Waals surface area contributed by atoms with Crippen LogP contribution < -0.4 is 9.80 Å². The fourth-order valence-electron chi connectivity index (χ4n) is 10.4. The van der Waals surface area contributed by atoms with E-state index in [0.717, 1.165) is 90.6 Å². The lowest BCUT2D eigenvalue weighted by atomic mass is 9.82. The molecule has 0 bridgehead atoms. The third-order valence-electron chi connectivity index (χ3n) is 14.5. The number of sulfonamides is 1. The van der Waals surface area contributed by atoms with E-state index < -0.39 is 38.3 Å². The average molecular weight is 1030 g/mol. The van der Waals surface area contributed by atoms with Gasteiger partial charge < -0.3 is 19.3 Å². The van der Waals surface area contributed by atoms with Crippen LogP contribution in [0.3, 0.4) is 0 Å². The molecule has 0 aromatic heterocycles. The van der Waals surface area contributed by atoms with E-state index in [1.165, 1.54) is 0 Å². The van der Waals surface area contributed by atoms with E-state index in [4.69, 9.17) is 9.47 Å². The van der Waals surface area contributed by atoms with E-state index >= 15 is 0 Å². The molecule has 386 valence electrons. The first-order valence-electron chi connectivity index (χ1n) is 25.4. The molecule has 2 aliphatic heterocycles. The predicted octanol–water partition coefficient (Wildman–Crippen LogP) is 13.9. The molecule has 8 rings (SSSR count). The summed E-state index contributed by atoms with van der Waals surface area (Å²) in [4.78, 5) is 31.4. The summed E-state index contributed by atoms with van der Waals surface area (Å²) in [7, 11) is -4.95. The fraction of sp³-hybridized carbons (Fsp3) is 0.328. The molecule has 3 aliphatic rings. The molecule has 0 spiro atoms. The van der Waals surface area contributed by atoms with E-state index in [1.54, 1.807) is 48.6 Å². The summed E-state index contributed by atoms with van der Waals surface area (Å²) in [6, 6.07) is 37.1. The van der Waals surface area contributed by atoms with E-state index in [1.807, 2.05) is 125 Å². The van der Waals surface area contributed by atoms with E-state index in [-0.39, 0.29) is 18.9 Å². The Balaban J connectivity index is 1.23. The van der Waals surface area contributed by atoms with E-state index in [0.29, 0.717) is 50.5 Å². The van der Waals surface area contributed by atoms with Crippen LogP contribution in [0, 0.1) is 0 Å². The zero-order chi connectivity index (χ0) is 53.0. The molecule has 5 aromatic carbocycles. The maximum absolute atomic E-state index is 14.8. The lowest BCUT2D eigenvalue weighted by Gasteiger charge is -2.27. The summed E-state index contributed by atoms with van der Waals surface area (Å²) >= 11 is 0. The van der Waals surface area contributed by atoms with Crippen molar-refractivity contribution in [2.45, 2.75) is 110 Å². The van der Waals surface area contributed by atoms with Crippen molar-refractivity contribution in [3.05, 3.63) is 202 Å². The Hall–Kier alpha value is -6.99. The molecule has 0 saturated heterocycles. The zero-order valence-corrected chi connectivity index (χ0v) is 44.1. The molecule has 0 N–H and O–H groups in total. The summed E-state index contributed by atoms with van der Waals surface area (Å²) < 4.78 is 83.3. The number of alkyl halides is 3. The maximum atomic E-state index is 14.8. The molecule has 0 unspecified atom stereocenters. The van der Waals surface area contributed by atoms with E-state index in [2.05, 4.69) is 23.6 Å². The number of esters is 2. The van der Waals surface area contributed by atoms with Crippen LogP contribution in [-0.2, 0) is 43.5 Å². The number of anilines is 2. The molecule has 13 heteroatoms. The highest BCUT2D eigenvalue weighted by atomic mass is 32.2. The molecule has 5 aromatic rings. The molecular formula is C61H65F3N3O6S+. The minimum absolute atomic E-state index is 0.117. The summed E-state index contributed by atoms with van der Waals surface area (Å²) in [6.07, 6.45) is 12.8. The molecule has 0 radical (unpaired) electrons. The molecule has 0 amide bonds. The van der Waals surface area contributed by atoms with Gasteiger partial charge in [0.2, 0.25) is 5.71 Å². The van der Waals surface area contributed by atoms with Gasteiger partial charge in [0, 0.05) is 46.7 Å². The summed E-state index contributed by atoms with van der Waals surface area (Å²) in [6.45, 7) is 13.9. The number of rotatable bonds is 17. The van der Waals surface area contributed by atoms with Crippen molar-refractivity contribution < 1.29 is 44.6 Å². The number of ether oxygens (including phenoxy) is 2. The molecule has 1 aliphatic carbocycles. The molecule has 2 heterocycles. The van der Waals surface area contributed by atoms with Crippen LogP contribution >= 0.6 is 0 Å². The van der Waals surface area contributed by atoms with Crippen molar-refractivity contribution in [2.24, 2.45) is 0 Å². The van der Waals surface area contributed by atoms with Gasteiger partial charge in [-0.1, -0.05) is 152 Å². The molecule has 0 saturated carbocycles. The second kappa shape index (κ2) is 21.8. The second-order valence-electron chi connectivity index (χ2n) is 20.1. The van der Waals surface area contributed by atoms with Gasteiger partial charge in [-0.15, -0.1) is 3.98 Å². The van der Waals surface area contributed by atoms with Crippen molar-refractivity contribution in [1.82, 2.24) is 0 Å². The lowest BCUT2D eigenvalue weighted by molar-refractivity contribution is -0.338. The van der Waals surface area contributed by atoms with Crippen LogP contribution in [0.25, 0.3) is 11.1 Å². The Kier molecular flexibility index (Phi) is 15.7. The van der Waals surface area contributed by atoms with Crippen molar-refractivity contribution >= 4 is 50.2 Å². The Morgan fingerprint density at radius 1 is 0.581 bits per heavy atom. The SMILES string of the molecule is CCCCCN1C(=CC=C2C(=[N+](C)S(=O)(=O)C(F)(F)F)/C(=C/C=C3/N(CCCCC)c4ccc(C(=O)OCc5ccccc5)cc4C3(C)C)c3ccccc32)C(C)(C)c2cc(C(=O)OCc3ccccc3)ccc21.